The Morgan fingerprint density at radius 2 is 2.27 bits per heavy atom. The van der Waals surface area contributed by atoms with Gasteiger partial charge in [-0.2, -0.15) is 0 Å². The van der Waals surface area contributed by atoms with E-state index in [1.54, 1.807) is 35.1 Å². The van der Waals surface area contributed by atoms with Crippen LogP contribution < -0.4 is 16.0 Å². The minimum Gasteiger partial charge on any atom is -0.393 e. The number of amides is 1. The van der Waals surface area contributed by atoms with Crippen LogP contribution in [0.1, 0.15) is 36.1 Å². The molecule has 4 heterocycles. The number of thiophene rings is 1. The molecule has 0 aromatic carbocycles. The predicted molar refractivity (Wildman–Crippen MR) is 121 cm³/mol. The number of carbonyl (C=O) groups is 1. The van der Waals surface area contributed by atoms with Gasteiger partial charge >= 0.3 is 0 Å². The zero-order valence-electron chi connectivity index (χ0n) is 16.6. The minimum absolute atomic E-state index is 0.0108. The number of fused-ring (bicyclic) bond motifs is 2. The molecule has 2 aliphatic rings. The Bertz CT molecular complexity index is 1030. The average Bonchev–Trinajstić information content (AvgIpc) is 3.43. The summed E-state index contributed by atoms with van der Waals surface area (Å²) in [5.41, 5.74) is 3.28. The Balaban J connectivity index is 1.34. The van der Waals surface area contributed by atoms with Crippen molar-refractivity contribution in [2.75, 3.05) is 18.4 Å². The second-order valence-electron chi connectivity index (χ2n) is 7.91. The average molecular weight is 444 g/mol. The van der Waals surface area contributed by atoms with Crippen LogP contribution in [0.15, 0.2) is 18.5 Å². The molecule has 1 amide bonds. The standard InChI is InChI=1S/C21H25N5O2S2/c27-13-2-1-12(9-13)24-8-5-18(28)26-21-19(14-3-6-23-11-17(14)30-21)20-25-15-10-22-7-4-16(15)29-20/h4,7,10,12-13,23-24,27H,1-3,5-6,8-9,11H2,(H,26,28)/t12-,13+/m0/s1. The SMILES string of the molecule is O=C(CCN[C@H]1CC[C@@H](O)C1)Nc1sc2c(c1-c1nc3cnccc3s1)CCNC2. The number of nitrogens with zero attached hydrogens (tertiary/aromatic N) is 2. The van der Waals surface area contributed by atoms with Gasteiger partial charge in [0.25, 0.3) is 0 Å². The van der Waals surface area contributed by atoms with Gasteiger partial charge in [-0.25, -0.2) is 4.98 Å². The number of rotatable bonds is 6. The molecule has 1 aliphatic carbocycles. The highest BCUT2D eigenvalue weighted by Gasteiger charge is 2.25. The first-order valence-electron chi connectivity index (χ1n) is 10.4. The van der Waals surface area contributed by atoms with Crippen molar-refractivity contribution in [2.24, 2.45) is 0 Å². The molecule has 4 N–H and O–H groups in total. The second kappa shape index (κ2) is 8.68. The predicted octanol–water partition coefficient (Wildman–Crippen LogP) is 2.90. The molecule has 1 fully saturated rings. The van der Waals surface area contributed by atoms with Crippen LogP contribution in [0.2, 0.25) is 0 Å². The molecule has 1 saturated carbocycles. The molecule has 0 bridgehead atoms. The summed E-state index contributed by atoms with van der Waals surface area (Å²) in [6.07, 6.45) is 7.34. The smallest absolute Gasteiger partial charge is 0.226 e. The zero-order valence-corrected chi connectivity index (χ0v) is 18.2. The van der Waals surface area contributed by atoms with Gasteiger partial charge in [-0.15, -0.1) is 22.7 Å². The fourth-order valence-corrected chi connectivity index (χ4v) is 6.57. The van der Waals surface area contributed by atoms with Gasteiger partial charge in [-0.05, 0) is 43.9 Å². The Labute approximate surface area is 182 Å². The summed E-state index contributed by atoms with van der Waals surface area (Å²) in [6.45, 7) is 2.40. The molecule has 2 atom stereocenters. The topological polar surface area (TPSA) is 99.2 Å². The summed E-state index contributed by atoms with van der Waals surface area (Å²) in [5.74, 6) is 0.0108. The quantitative estimate of drug-likeness (QED) is 0.468. The van der Waals surface area contributed by atoms with Crippen LogP contribution in [0.25, 0.3) is 20.8 Å². The number of hydrogen-bond acceptors (Lipinski definition) is 8. The molecule has 1 aliphatic heterocycles. The van der Waals surface area contributed by atoms with Crippen LogP contribution in [-0.4, -0.2) is 46.2 Å². The van der Waals surface area contributed by atoms with Crippen LogP contribution in [0, 0.1) is 0 Å². The van der Waals surface area contributed by atoms with Gasteiger partial charge in [-0.3, -0.25) is 9.78 Å². The molecule has 5 rings (SSSR count). The highest BCUT2D eigenvalue weighted by Crippen LogP contribution is 2.44. The van der Waals surface area contributed by atoms with E-state index in [2.05, 4.69) is 20.9 Å². The van der Waals surface area contributed by atoms with E-state index in [1.807, 2.05) is 6.07 Å². The number of hydrogen-bond donors (Lipinski definition) is 4. The summed E-state index contributed by atoms with van der Waals surface area (Å²) in [4.78, 5) is 23.0. The molecule has 7 nitrogen and oxygen atoms in total. The van der Waals surface area contributed by atoms with E-state index in [-0.39, 0.29) is 12.0 Å². The third-order valence-corrected chi connectivity index (χ3v) is 7.98. The lowest BCUT2D eigenvalue weighted by Crippen LogP contribution is -2.30. The van der Waals surface area contributed by atoms with Crippen LogP contribution in [0.3, 0.4) is 0 Å². The van der Waals surface area contributed by atoms with Crippen molar-refractivity contribution in [1.29, 1.82) is 0 Å². The zero-order chi connectivity index (χ0) is 20.5. The van der Waals surface area contributed by atoms with Crippen LogP contribution >= 0.6 is 22.7 Å². The van der Waals surface area contributed by atoms with E-state index in [4.69, 9.17) is 4.98 Å². The van der Waals surface area contributed by atoms with Gasteiger partial charge in [-0.1, -0.05) is 0 Å². The summed E-state index contributed by atoms with van der Waals surface area (Å²) in [7, 11) is 0. The van der Waals surface area contributed by atoms with Crippen molar-refractivity contribution >= 4 is 43.8 Å². The largest absolute Gasteiger partial charge is 0.393 e. The maximum atomic E-state index is 12.7. The molecule has 9 heteroatoms. The lowest BCUT2D eigenvalue weighted by molar-refractivity contribution is -0.116. The number of carbonyl (C=O) groups excluding carboxylic acids is 1. The number of thiazole rings is 1. The van der Waals surface area contributed by atoms with E-state index in [0.717, 1.165) is 64.6 Å². The van der Waals surface area contributed by atoms with E-state index >= 15 is 0 Å². The molecule has 0 spiro atoms. The van der Waals surface area contributed by atoms with E-state index in [9.17, 15) is 9.90 Å². The van der Waals surface area contributed by atoms with Gasteiger partial charge in [0.15, 0.2) is 0 Å². The Morgan fingerprint density at radius 1 is 1.33 bits per heavy atom. The molecule has 0 radical (unpaired) electrons. The van der Waals surface area contributed by atoms with E-state index in [1.165, 1.54) is 10.4 Å². The highest BCUT2D eigenvalue weighted by molar-refractivity contribution is 7.22. The molecule has 3 aromatic rings. The molecule has 158 valence electrons. The van der Waals surface area contributed by atoms with Crippen molar-refractivity contribution in [3.8, 4) is 10.6 Å². The first-order chi connectivity index (χ1) is 14.7. The van der Waals surface area contributed by atoms with Crippen molar-refractivity contribution in [3.05, 3.63) is 28.9 Å². The minimum atomic E-state index is -0.200. The maximum Gasteiger partial charge on any atom is 0.226 e. The van der Waals surface area contributed by atoms with E-state index in [0.29, 0.717) is 19.0 Å². The fraction of sp³-hybridized carbons (Fsp3) is 0.476. The lowest BCUT2D eigenvalue weighted by Gasteiger charge is -2.13. The normalized spacial score (nSPS) is 21.1. The Morgan fingerprint density at radius 3 is 3.10 bits per heavy atom. The summed E-state index contributed by atoms with van der Waals surface area (Å²) in [6, 6.07) is 2.31. The third kappa shape index (κ3) is 4.13. The number of anilines is 1. The molecule has 3 aromatic heterocycles. The summed E-state index contributed by atoms with van der Waals surface area (Å²) >= 11 is 3.31. The van der Waals surface area contributed by atoms with Crippen molar-refractivity contribution in [3.63, 3.8) is 0 Å². The van der Waals surface area contributed by atoms with Gasteiger partial charge in [0.1, 0.15) is 15.5 Å². The molecule has 30 heavy (non-hydrogen) atoms. The summed E-state index contributed by atoms with van der Waals surface area (Å²) in [5, 5.41) is 21.5. The van der Waals surface area contributed by atoms with Crippen molar-refractivity contribution in [1.82, 2.24) is 20.6 Å². The number of aliphatic hydroxyl groups excluding tert-OH is 1. The van der Waals surface area contributed by atoms with E-state index < -0.39 is 0 Å². The van der Waals surface area contributed by atoms with Gasteiger partial charge < -0.3 is 21.1 Å². The summed E-state index contributed by atoms with van der Waals surface area (Å²) < 4.78 is 1.11. The first kappa shape index (κ1) is 20.0. The van der Waals surface area contributed by atoms with Crippen molar-refractivity contribution < 1.29 is 9.90 Å². The van der Waals surface area contributed by atoms with Crippen LogP contribution in [-0.2, 0) is 17.8 Å². The molecule has 0 unspecified atom stereocenters. The maximum absolute atomic E-state index is 12.7. The number of pyridine rings is 1. The molecular weight excluding hydrogens is 418 g/mol. The second-order valence-corrected chi connectivity index (χ2v) is 10.0. The lowest BCUT2D eigenvalue weighted by atomic mass is 10.0. The Kier molecular flexibility index (Phi) is 5.79. The van der Waals surface area contributed by atoms with Gasteiger partial charge in [0.05, 0.1) is 17.0 Å². The highest BCUT2D eigenvalue weighted by atomic mass is 32.1. The van der Waals surface area contributed by atoms with Gasteiger partial charge in [0, 0.05) is 42.2 Å². The van der Waals surface area contributed by atoms with Gasteiger partial charge in [0.2, 0.25) is 5.91 Å². The number of aromatic nitrogens is 2. The number of aliphatic hydroxyl groups is 1. The molecular formula is C21H25N5O2S2. The Hall–Kier alpha value is -1.91. The van der Waals surface area contributed by atoms with Crippen molar-refractivity contribution in [2.45, 2.75) is 50.8 Å². The third-order valence-electron chi connectivity index (χ3n) is 5.77. The monoisotopic (exact) mass is 443 g/mol. The first-order valence-corrected chi connectivity index (χ1v) is 12.1. The fourth-order valence-electron chi connectivity index (χ4n) is 4.26. The molecule has 0 saturated heterocycles. The number of nitrogens with one attached hydrogen (secondary N) is 3. The van der Waals surface area contributed by atoms with Crippen LogP contribution in [0.4, 0.5) is 5.00 Å². The van der Waals surface area contributed by atoms with Crippen LogP contribution in [0.5, 0.6) is 0 Å².